The first kappa shape index (κ1) is 11.0. The molecule has 0 aromatic heterocycles. The fraction of sp³-hybridized carbons (Fsp3) is 0.0714. The van der Waals surface area contributed by atoms with Crippen LogP contribution in [0, 0.1) is 0 Å². The summed E-state index contributed by atoms with van der Waals surface area (Å²) in [5.41, 5.74) is 3.35. The molecule has 1 nitrogen and oxygen atoms in total. The molecule has 0 saturated heterocycles. The number of rotatable bonds is 3. The van der Waals surface area contributed by atoms with Gasteiger partial charge in [0.2, 0.25) is 0 Å². The molecule has 2 heteroatoms. The molecule has 0 aliphatic carbocycles. The summed E-state index contributed by atoms with van der Waals surface area (Å²) < 4.78 is 4.50. The SMILES string of the molecule is CSN=C(c1ccccc1)c1ccccc1. The van der Waals surface area contributed by atoms with Crippen LogP contribution < -0.4 is 0 Å². The van der Waals surface area contributed by atoms with Crippen LogP contribution >= 0.6 is 11.9 Å². The largest absolute Gasteiger partial charge is 0.216 e. The molecule has 80 valence electrons. The van der Waals surface area contributed by atoms with Crippen molar-refractivity contribution in [2.24, 2.45) is 4.40 Å². The van der Waals surface area contributed by atoms with Crippen molar-refractivity contribution in [1.29, 1.82) is 0 Å². The van der Waals surface area contributed by atoms with E-state index < -0.39 is 0 Å². The maximum atomic E-state index is 4.50. The lowest BCUT2D eigenvalue weighted by Crippen LogP contribution is -2.01. The van der Waals surface area contributed by atoms with Crippen LogP contribution in [0.4, 0.5) is 0 Å². The molecule has 2 aromatic rings. The lowest BCUT2D eigenvalue weighted by atomic mass is 10.0. The number of nitrogens with zero attached hydrogens (tertiary/aromatic N) is 1. The third-order valence-corrected chi connectivity index (χ3v) is 2.64. The Kier molecular flexibility index (Phi) is 3.78. The molecule has 0 fully saturated rings. The van der Waals surface area contributed by atoms with Crippen molar-refractivity contribution in [3.8, 4) is 0 Å². The Bertz CT molecular complexity index is 421. The van der Waals surface area contributed by atoms with Crippen LogP contribution in [-0.2, 0) is 0 Å². The highest BCUT2D eigenvalue weighted by molar-refractivity contribution is 7.97. The van der Waals surface area contributed by atoms with E-state index in [0.717, 1.165) is 16.8 Å². The standard InChI is InChI=1S/C14H13NS/c1-16-15-14(12-8-4-2-5-9-12)13-10-6-3-7-11-13/h2-11H,1H3. The smallest absolute Gasteiger partial charge is 0.0857 e. The zero-order valence-electron chi connectivity index (χ0n) is 9.13. The molecule has 0 aliphatic rings. The van der Waals surface area contributed by atoms with Gasteiger partial charge in [-0.15, -0.1) is 0 Å². The first-order valence-corrected chi connectivity index (χ1v) is 6.32. The highest BCUT2D eigenvalue weighted by atomic mass is 32.2. The second-order valence-electron chi connectivity index (χ2n) is 3.35. The lowest BCUT2D eigenvalue weighted by Gasteiger charge is -2.05. The third kappa shape index (κ3) is 2.52. The average Bonchev–Trinajstić information content (AvgIpc) is 2.38. The molecule has 0 amide bonds. The minimum absolute atomic E-state index is 1.04. The summed E-state index contributed by atoms with van der Waals surface area (Å²) in [6.45, 7) is 0. The van der Waals surface area contributed by atoms with Crippen molar-refractivity contribution in [3.63, 3.8) is 0 Å². The summed E-state index contributed by atoms with van der Waals surface area (Å²) in [6.07, 6.45) is 1.98. The van der Waals surface area contributed by atoms with Gasteiger partial charge in [0.25, 0.3) is 0 Å². The van der Waals surface area contributed by atoms with Gasteiger partial charge in [0.15, 0.2) is 0 Å². The molecule has 0 aliphatic heterocycles. The van der Waals surface area contributed by atoms with Crippen LogP contribution in [0.2, 0.25) is 0 Å². The average molecular weight is 227 g/mol. The first-order chi connectivity index (χ1) is 7.92. The Morgan fingerprint density at radius 2 is 1.25 bits per heavy atom. The van der Waals surface area contributed by atoms with Crippen LogP contribution in [-0.4, -0.2) is 12.0 Å². The zero-order chi connectivity index (χ0) is 11.2. The van der Waals surface area contributed by atoms with E-state index in [0.29, 0.717) is 0 Å². The number of hydrogen-bond acceptors (Lipinski definition) is 2. The van der Waals surface area contributed by atoms with Crippen LogP contribution in [0.25, 0.3) is 0 Å². The van der Waals surface area contributed by atoms with Gasteiger partial charge in [-0.05, 0) is 11.9 Å². The summed E-state index contributed by atoms with van der Waals surface area (Å²) in [5.74, 6) is 0. The van der Waals surface area contributed by atoms with Gasteiger partial charge >= 0.3 is 0 Å². The molecule has 0 heterocycles. The van der Waals surface area contributed by atoms with E-state index in [1.807, 2.05) is 42.7 Å². The molecule has 0 N–H and O–H groups in total. The summed E-state index contributed by atoms with van der Waals surface area (Å²) >= 11 is 1.49. The summed E-state index contributed by atoms with van der Waals surface area (Å²) in [6, 6.07) is 20.5. The van der Waals surface area contributed by atoms with Crippen LogP contribution in [0.15, 0.2) is 65.1 Å². The van der Waals surface area contributed by atoms with Gasteiger partial charge in [0.1, 0.15) is 0 Å². The Labute approximate surface area is 100 Å². The van der Waals surface area contributed by atoms with Gasteiger partial charge in [0, 0.05) is 17.4 Å². The Hall–Kier alpha value is -1.54. The van der Waals surface area contributed by atoms with E-state index in [1.54, 1.807) is 0 Å². The van der Waals surface area contributed by atoms with E-state index in [1.165, 1.54) is 11.9 Å². The molecule has 0 atom stereocenters. The van der Waals surface area contributed by atoms with Crippen molar-refractivity contribution in [2.75, 3.05) is 6.26 Å². The van der Waals surface area contributed by atoms with Crippen molar-refractivity contribution >= 4 is 17.7 Å². The monoisotopic (exact) mass is 227 g/mol. The number of benzene rings is 2. The summed E-state index contributed by atoms with van der Waals surface area (Å²) in [4.78, 5) is 0. The molecule has 0 saturated carbocycles. The van der Waals surface area contributed by atoms with E-state index in [2.05, 4.69) is 28.7 Å². The van der Waals surface area contributed by atoms with Gasteiger partial charge < -0.3 is 0 Å². The molecule has 16 heavy (non-hydrogen) atoms. The first-order valence-electron chi connectivity index (χ1n) is 5.14. The summed E-state index contributed by atoms with van der Waals surface area (Å²) in [7, 11) is 0. The van der Waals surface area contributed by atoms with Crippen molar-refractivity contribution < 1.29 is 0 Å². The van der Waals surface area contributed by atoms with Crippen LogP contribution in [0.1, 0.15) is 11.1 Å². The molecule has 2 aromatic carbocycles. The van der Waals surface area contributed by atoms with Crippen molar-refractivity contribution in [2.45, 2.75) is 0 Å². The predicted molar refractivity (Wildman–Crippen MR) is 72.0 cm³/mol. The van der Waals surface area contributed by atoms with Crippen LogP contribution in [0.5, 0.6) is 0 Å². The molecular formula is C14H13NS. The minimum Gasteiger partial charge on any atom is -0.216 e. The van der Waals surface area contributed by atoms with Gasteiger partial charge in [-0.1, -0.05) is 60.7 Å². The molecule has 0 bridgehead atoms. The molecule has 2 rings (SSSR count). The van der Waals surface area contributed by atoms with Crippen LogP contribution in [0.3, 0.4) is 0 Å². The lowest BCUT2D eigenvalue weighted by molar-refractivity contribution is 1.58. The molecule has 0 spiro atoms. The second-order valence-corrected chi connectivity index (χ2v) is 3.90. The highest BCUT2D eigenvalue weighted by Gasteiger charge is 2.04. The van der Waals surface area contributed by atoms with Gasteiger partial charge in [-0.25, -0.2) is 4.40 Å². The van der Waals surface area contributed by atoms with E-state index in [-0.39, 0.29) is 0 Å². The molecule has 0 unspecified atom stereocenters. The van der Waals surface area contributed by atoms with Gasteiger partial charge in [-0.2, -0.15) is 0 Å². The topological polar surface area (TPSA) is 12.4 Å². The van der Waals surface area contributed by atoms with Crippen molar-refractivity contribution in [3.05, 3.63) is 71.8 Å². The predicted octanol–water partition coefficient (Wildman–Crippen LogP) is 3.80. The maximum absolute atomic E-state index is 4.50. The summed E-state index contributed by atoms with van der Waals surface area (Å²) in [5, 5.41) is 0. The Morgan fingerprint density at radius 3 is 1.62 bits per heavy atom. The van der Waals surface area contributed by atoms with Crippen molar-refractivity contribution in [1.82, 2.24) is 0 Å². The number of hydrogen-bond donors (Lipinski definition) is 0. The normalized spacial score (nSPS) is 9.81. The quantitative estimate of drug-likeness (QED) is 0.574. The van der Waals surface area contributed by atoms with Gasteiger partial charge in [0.05, 0.1) is 5.71 Å². The molecule has 0 radical (unpaired) electrons. The Morgan fingerprint density at radius 1 is 0.812 bits per heavy atom. The molecular weight excluding hydrogens is 214 g/mol. The fourth-order valence-electron chi connectivity index (χ4n) is 1.56. The highest BCUT2D eigenvalue weighted by Crippen LogP contribution is 2.13. The minimum atomic E-state index is 1.04. The van der Waals surface area contributed by atoms with Gasteiger partial charge in [-0.3, -0.25) is 0 Å². The third-order valence-electron chi connectivity index (χ3n) is 2.28. The van der Waals surface area contributed by atoms with E-state index in [9.17, 15) is 0 Å². The fourth-order valence-corrected chi connectivity index (χ4v) is 1.95. The second kappa shape index (κ2) is 5.52. The van der Waals surface area contributed by atoms with E-state index in [4.69, 9.17) is 0 Å². The van der Waals surface area contributed by atoms with E-state index >= 15 is 0 Å². The zero-order valence-corrected chi connectivity index (χ0v) is 9.95. The maximum Gasteiger partial charge on any atom is 0.0857 e. The Balaban J connectivity index is 2.44.